The number of rotatable bonds is 6. The summed E-state index contributed by atoms with van der Waals surface area (Å²) in [6, 6.07) is 0. The maximum Gasteiger partial charge on any atom is 0.227 e. The molecule has 0 aromatic rings. The second kappa shape index (κ2) is 6.08. The molecule has 0 bridgehead atoms. The second-order valence-corrected chi connectivity index (χ2v) is 4.21. The Bertz CT molecular complexity index is 201. The normalized spacial score (nSPS) is 25.5. The zero-order valence-corrected chi connectivity index (χ0v) is 9.77. The molecular formula is C11H22N2O2. The minimum Gasteiger partial charge on any atom is -0.383 e. The zero-order chi connectivity index (χ0) is 11.1. The molecule has 0 spiro atoms. The summed E-state index contributed by atoms with van der Waals surface area (Å²) >= 11 is 0. The third-order valence-electron chi connectivity index (χ3n) is 3.05. The molecule has 1 unspecified atom stereocenters. The molecule has 1 fully saturated rings. The number of hydrogen-bond donors (Lipinski definition) is 2. The summed E-state index contributed by atoms with van der Waals surface area (Å²) in [5.74, 6) is 0.186. The Balaban J connectivity index is 2.44. The van der Waals surface area contributed by atoms with Crippen LogP contribution in [0.3, 0.4) is 0 Å². The number of hydrogen-bond acceptors (Lipinski definition) is 3. The van der Waals surface area contributed by atoms with Gasteiger partial charge in [-0.1, -0.05) is 13.3 Å². The number of nitrogens with one attached hydrogen (secondary N) is 2. The van der Waals surface area contributed by atoms with E-state index in [1.807, 2.05) is 0 Å². The van der Waals surface area contributed by atoms with Crippen LogP contribution in [0, 0.1) is 5.41 Å². The summed E-state index contributed by atoms with van der Waals surface area (Å²) in [7, 11) is 1.64. The molecule has 88 valence electrons. The van der Waals surface area contributed by atoms with Gasteiger partial charge < -0.3 is 15.4 Å². The first kappa shape index (κ1) is 12.5. The van der Waals surface area contributed by atoms with Gasteiger partial charge in [0.15, 0.2) is 0 Å². The zero-order valence-electron chi connectivity index (χ0n) is 9.77. The predicted molar refractivity (Wildman–Crippen MR) is 59.7 cm³/mol. The fraction of sp³-hybridized carbons (Fsp3) is 0.909. The van der Waals surface area contributed by atoms with Crippen LogP contribution in [-0.4, -0.2) is 39.3 Å². The molecular weight excluding hydrogens is 192 g/mol. The average molecular weight is 214 g/mol. The van der Waals surface area contributed by atoms with E-state index in [-0.39, 0.29) is 11.3 Å². The maximum absolute atomic E-state index is 12.0. The lowest BCUT2D eigenvalue weighted by Gasteiger charge is -2.26. The molecule has 0 aromatic heterocycles. The fourth-order valence-electron chi connectivity index (χ4n) is 2.20. The average Bonchev–Trinajstić information content (AvgIpc) is 2.68. The summed E-state index contributed by atoms with van der Waals surface area (Å²) in [6.07, 6.45) is 2.98. The van der Waals surface area contributed by atoms with E-state index < -0.39 is 0 Å². The van der Waals surface area contributed by atoms with Crippen molar-refractivity contribution < 1.29 is 9.53 Å². The molecule has 1 rings (SSSR count). The molecule has 15 heavy (non-hydrogen) atoms. The summed E-state index contributed by atoms with van der Waals surface area (Å²) in [4.78, 5) is 12.0. The molecule has 2 N–H and O–H groups in total. The Kier molecular flexibility index (Phi) is 5.05. The smallest absolute Gasteiger partial charge is 0.227 e. The van der Waals surface area contributed by atoms with Crippen molar-refractivity contribution in [3.63, 3.8) is 0 Å². The highest BCUT2D eigenvalue weighted by Gasteiger charge is 2.39. The Morgan fingerprint density at radius 2 is 2.40 bits per heavy atom. The summed E-state index contributed by atoms with van der Waals surface area (Å²) in [5.41, 5.74) is -0.164. The van der Waals surface area contributed by atoms with Crippen molar-refractivity contribution in [1.82, 2.24) is 10.6 Å². The SMILES string of the molecule is CCCC1(C(=O)NCCOC)CCNC1. The van der Waals surface area contributed by atoms with E-state index in [4.69, 9.17) is 4.74 Å². The quantitative estimate of drug-likeness (QED) is 0.634. The second-order valence-electron chi connectivity index (χ2n) is 4.21. The summed E-state index contributed by atoms with van der Waals surface area (Å²) in [6.45, 7) is 5.10. The largest absolute Gasteiger partial charge is 0.383 e. The van der Waals surface area contributed by atoms with Crippen LogP contribution in [0.25, 0.3) is 0 Å². The van der Waals surface area contributed by atoms with E-state index in [9.17, 15) is 4.79 Å². The molecule has 4 heteroatoms. The molecule has 1 saturated heterocycles. The Labute approximate surface area is 91.8 Å². The monoisotopic (exact) mass is 214 g/mol. The van der Waals surface area contributed by atoms with E-state index in [0.717, 1.165) is 32.4 Å². The van der Waals surface area contributed by atoms with Crippen LogP contribution in [0.15, 0.2) is 0 Å². The van der Waals surface area contributed by atoms with Crippen LogP contribution in [0.4, 0.5) is 0 Å². The first-order valence-corrected chi connectivity index (χ1v) is 5.73. The van der Waals surface area contributed by atoms with Gasteiger partial charge >= 0.3 is 0 Å². The van der Waals surface area contributed by atoms with Crippen LogP contribution in [-0.2, 0) is 9.53 Å². The van der Waals surface area contributed by atoms with Crippen molar-refractivity contribution in [2.75, 3.05) is 33.4 Å². The molecule has 0 aromatic carbocycles. The summed E-state index contributed by atoms with van der Waals surface area (Å²) < 4.78 is 4.92. The van der Waals surface area contributed by atoms with Gasteiger partial charge in [-0.25, -0.2) is 0 Å². The van der Waals surface area contributed by atoms with E-state index in [2.05, 4.69) is 17.6 Å². The molecule has 1 amide bonds. The van der Waals surface area contributed by atoms with Crippen molar-refractivity contribution in [1.29, 1.82) is 0 Å². The van der Waals surface area contributed by atoms with Crippen LogP contribution in [0.2, 0.25) is 0 Å². The van der Waals surface area contributed by atoms with Gasteiger partial charge in [0.1, 0.15) is 0 Å². The van der Waals surface area contributed by atoms with Crippen molar-refractivity contribution in [3.8, 4) is 0 Å². The van der Waals surface area contributed by atoms with E-state index in [1.165, 1.54) is 0 Å². The number of carbonyl (C=O) groups is 1. The molecule has 4 nitrogen and oxygen atoms in total. The third-order valence-corrected chi connectivity index (χ3v) is 3.05. The predicted octanol–water partition coefficient (Wildman–Crippen LogP) is 0.529. The van der Waals surface area contributed by atoms with Gasteiger partial charge in [0.05, 0.1) is 12.0 Å². The number of amides is 1. The van der Waals surface area contributed by atoms with Gasteiger partial charge in [0, 0.05) is 20.2 Å². The minimum atomic E-state index is -0.164. The maximum atomic E-state index is 12.0. The van der Waals surface area contributed by atoms with Gasteiger partial charge in [-0.2, -0.15) is 0 Å². The molecule has 1 aliphatic rings. The van der Waals surface area contributed by atoms with Gasteiger partial charge in [-0.3, -0.25) is 4.79 Å². The van der Waals surface area contributed by atoms with Gasteiger partial charge in [-0.05, 0) is 19.4 Å². The van der Waals surface area contributed by atoms with Crippen molar-refractivity contribution in [2.45, 2.75) is 26.2 Å². The fourth-order valence-corrected chi connectivity index (χ4v) is 2.20. The standard InChI is InChI=1S/C11H22N2O2/c1-3-4-11(5-6-12-9-11)10(14)13-7-8-15-2/h12H,3-9H2,1-2H3,(H,13,14). The Hall–Kier alpha value is -0.610. The lowest BCUT2D eigenvalue weighted by atomic mass is 9.81. The molecule has 1 atom stereocenters. The highest BCUT2D eigenvalue weighted by Crippen LogP contribution is 2.31. The molecule has 0 radical (unpaired) electrons. The number of methoxy groups -OCH3 is 1. The van der Waals surface area contributed by atoms with Crippen molar-refractivity contribution >= 4 is 5.91 Å². The molecule has 1 heterocycles. The highest BCUT2D eigenvalue weighted by molar-refractivity contribution is 5.83. The lowest BCUT2D eigenvalue weighted by molar-refractivity contribution is -0.130. The Morgan fingerprint density at radius 1 is 1.60 bits per heavy atom. The molecule has 1 aliphatic heterocycles. The first-order valence-electron chi connectivity index (χ1n) is 5.73. The number of ether oxygens (including phenoxy) is 1. The van der Waals surface area contributed by atoms with E-state index >= 15 is 0 Å². The van der Waals surface area contributed by atoms with Gasteiger partial charge in [0.25, 0.3) is 0 Å². The Morgan fingerprint density at radius 3 is 2.93 bits per heavy atom. The van der Waals surface area contributed by atoms with Gasteiger partial charge in [0.2, 0.25) is 5.91 Å². The first-order chi connectivity index (χ1) is 7.25. The van der Waals surface area contributed by atoms with Crippen LogP contribution in [0.5, 0.6) is 0 Å². The van der Waals surface area contributed by atoms with Gasteiger partial charge in [-0.15, -0.1) is 0 Å². The molecule has 0 saturated carbocycles. The van der Waals surface area contributed by atoms with E-state index in [1.54, 1.807) is 7.11 Å². The van der Waals surface area contributed by atoms with Crippen molar-refractivity contribution in [2.24, 2.45) is 5.41 Å². The third kappa shape index (κ3) is 3.18. The number of carbonyl (C=O) groups excluding carboxylic acids is 1. The van der Waals surface area contributed by atoms with Crippen LogP contribution in [0.1, 0.15) is 26.2 Å². The summed E-state index contributed by atoms with van der Waals surface area (Å²) in [5, 5.41) is 6.22. The van der Waals surface area contributed by atoms with Crippen LogP contribution >= 0.6 is 0 Å². The topological polar surface area (TPSA) is 50.4 Å². The minimum absolute atomic E-state index is 0.164. The van der Waals surface area contributed by atoms with Crippen LogP contribution < -0.4 is 10.6 Å². The van der Waals surface area contributed by atoms with E-state index in [0.29, 0.717) is 13.2 Å². The molecule has 0 aliphatic carbocycles. The van der Waals surface area contributed by atoms with Crippen molar-refractivity contribution in [3.05, 3.63) is 0 Å². The lowest BCUT2D eigenvalue weighted by Crippen LogP contribution is -2.43. The highest BCUT2D eigenvalue weighted by atomic mass is 16.5.